The van der Waals surface area contributed by atoms with Crippen molar-refractivity contribution in [2.45, 2.75) is 48.2 Å². The van der Waals surface area contributed by atoms with Crippen LogP contribution in [0.2, 0.25) is 0 Å². The van der Waals surface area contributed by atoms with Crippen LogP contribution in [0.3, 0.4) is 0 Å². The van der Waals surface area contributed by atoms with Crippen LogP contribution in [-0.4, -0.2) is 15.6 Å². The van der Waals surface area contributed by atoms with Gasteiger partial charge in [-0.25, -0.2) is 0 Å². The molecule has 2 aliphatic rings. The number of thioether (sulfide) groups is 1. The molecule has 2 aliphatic heterocycles. The van der Waals surface area contributed by atoms with E-state index >= 15 is 0 Å². The Kier molecular flexibility index (Phi) is 4.08. The molecule has 2 aromatic rings. The predicted octanol–water partition coefficient (Wildman–Crippen LogP) is 5.11. The molecular formula is C20H22O2S. The second kappa shape index (κ2) is 6.21. The quantitative estimate of drug-likeness (QED) is 0.849. The van der Waals surface area contributed by atoms with Crippen molar-refractivity contribution in [2.75, 3.05) is 0 Å². The lowest BCUT2D eigenvalue weighted by Gasteiger charge is -2.44. The second-order valence-corrected chi connectivity index (χ2v) is 8.30. The highest BCUT2D eigenvalue weighted by Crippen LogP contribution is 2.49. The van der Waals surface area contributed by atoms with E-state index in [0.29, 0.717) is 10.5 Å². The van der Waals surface area contributed by atoms with Crippen LogP contribution >= 0.6 is 11.8 Å². The number of rotatable bonds is 3. The number of benzene rings is 2. The lowest BCUT2D eigenvalue weighted by Crippen LogP contribution is -2.40. The Morgan fingerprint density at radius 1 is 0.870 bits per heavy atom. The minimum atomic E-state index is -0.660. The van der Waals surface area contributed by atoms with Gasteiger partial charge in [-0.15, -0.1) is 0 Å². The molecule has 0 radical (unpaired) electrons. The molecule has 23 heavy (non-hydrogen) atoms. The normalized spacial score (nSPS) is 30.0. The summed E-state index contributed by atoms with van der Waals surface area (Å²) in [6.07, 6.45) is 5.58. The standard InChI is InChI=1S/C20H22O2S/c21-20(13-18-7-4-8-19(14-20)23-18)15-9-11-17(12-10-15)22-16-5-2-1-3-6-16/h1-3,5-6,9-12,18-19,21H,4,7-8,13-14H2. The van der Waals surface area contributed by atoms with E-state index < -0.39 is 5.60 Å². The zero-order valence-electron chi connectivity index (χ0n) is 13.2. The highest BCUT2D eigenvalue weighted by atomic mass is 32.2. The lowest BCUT2D eigenvalue weighted by atomic mass is 9.80. The highest BCUT2D eigenvalue weighted by Gasteiger charge is 2.42. The molecule has 4 rings (SSSR count). The van der Waals surface area contributed by atoms with E-state index in [1.165, 1.54) is 19.3 Å². The Hall–Kier alpha value is -1.45. The third-order valence-electron chi connectivity index (χ3n) is 4.94. The van der Waals surface area contributed by atoms with Gasteiger partial charge in [0.2, 0.25) is 0 Å². The van der Waals surface area contributed by atoms with Gasteiger partial charge in [0.15, 0.2) is 0 Å². The van der Waals surface area contributed by atoms with Crippen molar-refractivity contribution in [3.05, 3.63) is 60.2 Å². The molecule has 0 aliphatic carbocycles. The molecule has 2 unspecified atom stereocenters. The van der Waals surface area contributed by atoms with E-state index in [-0.39, 0.29) is 0 Å². The third-order valence-corrected chi connectivity index (χ3v) is 6.51. The van der Waals surface area contributed by atoms with Crippen LogP contribution in [0.5, 0.6) is 11.5 Å². The molecule has 1 N–H and O–H groups in total. The van der Waals surface area contributed by atoms with Gasteiger partial charge in [0.25, 0.3) is 0 Å². The van der Waals surface area contributed by atoms with Gasteiger partial charge in [-0.1, -0.05) is 36.8 Å². The summed E-state index contributed by atoms with van der Waals surface area (Å²) in [5.74, 6) is 1.65. The van der Waals surface area contributed by atoms with Gasteiger partial charge in [0.1, 0.15) is 11.5 Å². The molecule has 0 saturated carbocycles. The van der Waals surface area contributed by atoms with Gasteiger partial charge in [0.05, 0.1) is 5.60 Å². The van der Waals surface area contributed by atoms with Gasteiger partial charge in [-0.2, -0.15) is 11.8 Å². The molecule has 2 atom stereocenters. The van der Waals surface area contributed by atoms with Gasteiger partial charge in [0, 0.05) is 10.5 Å². The Morgan fingerprint density at radius 3 is 2.13 bits per heavy atom. The highest BCUT2D eigenvalue weighted by molar-refractivity contribution is 8.00. The Bertz CT molecular complexity index is 641. The average Bonchev–Trinajstić information content (AvgIpc) is 2.56. The minimum Gasteiger partial charge on any atom is -0.457 e. The van der Waals surface area contributed by atoms with Gasteiger partial charge in [-0.05, 0) is 55.5 Å². The van der Waals surface area contributed by atoms with E-state index in [0.717, 1.165) is 29.9 Å². The zero-order valence-corrected chi connectivity index (χ0v) is 14.0. The van der Waals surface area contributed by atoms with Crippen molar-refractivity contribution in [3.63, 3.8) is 0 Å². The first-order chi connectivity index (χ1) is 11.2. The summed E-state index contributed by atoms with van der Waals surface area (Å²) in [5.41, 5.74) is 0.377. The molecule has 2 saturated heterocycles. The van der Waals surface area contributed by atoms with Crippen molar-refractivity contribution in [1.82, 2.24) is 0 Å². The minimum absolute atomic E-state index is 0.618. The Balaban J connectivity index is 1.51. The van der Waals surface area contributed by atoms with Crippen LogP contribution in [0.4, 0.5) is 0 Å². The third kappa shape index (κ3) is 3.26. The fraction of sp³-hybridized carbons (Fsp3) is 0.400. The van der Waals surface area contributed by atoms with Crippen molar-refractivity contribution in [1.29, 1.82) is 0 Å². The molecule has 120 valence electrons. The fourth-order valence-electron chi connectivity index (χ4n) is 3.81. The number of fused-ring (bicyclic) bond motifs is 2. The van der Waals surface area contributed by atoms with E-state index in [4.69, 9.17) is 4.74 Å². The van der Waals surface area contributed by atoms with E-state index in [1.807, 2.05) is 54.6 Å². The van der Waals surface area contributed by atoms with Crippen LogP contribution in [-0.2, 0) is 5.60 Å². The average molecular weight is 326 g/mol. The number of hydrogen-bond donors (Lipinski definition) is 1. The van der Waals surface area contributed by atoms with Gasteiger partial charge in [-0.3, -0.25) is 0 Å². The van der Waals surface area contributed by atoms with Crippen LogP contribution < -0.4 is 4.74 Å². The molecule has 3 heteroatoms. The first-order valence-corrected chi connectivity index (χ1v) is 9.37. The lowest BCUT2D eigenvalue weighted by molar-refractivity contribution is 0.00811. The first-order valence-electron chi connectivity index (χ1n) is 8.43. The number of aliphatic hydroxyl groups is 1. The molecule has 2 fully saturated rings. The van der Waals surface area contributed by atoms with Crippen molar-refractivity contribution < 1.29 is 9.84 Å². The maximum Gasteiger partial charge on any atom is 0.127 e. The summed E-state index contributed by atoms with van der Waals surface area (Å²) in [4.78, 5) is 0. The molecule has 2 bridgehead atoms. The number of para-hydroxylation sites is 1. The predicted molar refractivity (Wildman–Crippen MR) is 95.1 cm³/mol. The fourth-order valence-corrected chi connectivity index (χ4v) is 5.71. The Labute approximate surface area is 141 Å². The van der Waals surface area contributed by atoms with Crippen molar-refractivity contribution in [3.8, 4) is 11.5 Å². The first kappa shape index (κ1) is 15.1. The molecule has 2 aromatic carbocycles. The summed E-state index contributed by atoms with van der Waals surface area (Å²) in [6.45, 7) is 0. The smallest absolute Gasteiger partial charge is 0.127 e. The summed E-state index contributed by atoms with van der Waals surface area (Å²) in [5, 5.41) is 12.4. The largest absolute Gasteiger partial charge is 0.457 e. The summed E-state index contributed by atoms with van der Waals surface area (Å²) >= 11 is 2.09. The number of ether oxygens (including phenoxy) is 1. The molecule has 0 aromatic heterocycles. The SMILES string of the molecule is OC1(c2ccc(Oc3ccccc3)cc2)CC2CCCC(C1)S2. The van der Waals surface area contributed by atoms with Crippen LogP contribution in [0.25, 0.3) is 0 Å². The van der Waals surface area contributed by atoms with Gasteiger partial charge >= 0.3 is 0 Å². The maximum atomic E-state index is 11.2. The summed E-state index contributed by atoms with van der Waals surface area (Å²) < 4.78 is 5.84. The molecular weight excluding hydrogens is 304 g/mol. The van der Waals surface area contributed by atoms with Crippen molar-refractivity contribution in [2.24, 2.45) is 0 Å². The summed E-state index contributed by atoms with van der Waals surface area (Å²) in [6, 6.07) is 17.8. The second-order valence-electron chi connectivity index (χ2n) is 6.69. The van der Waals surface area contributed by atoms with Gasteiger partial charge < -0.3 is 9.84 Å². The Morgan fingerprint density at radius 2 is 1.48 bits per heavy atom. The van der Waals surface area contributed by atoms with Crippen LogP contribution in [0.15, 0.2) is 54.6 Å². The van der Waals surface area contributed by atoms with E-state index in [9.17, 15) is 5.11 Å². The zero-order chi connectivity index (χ0) is 15.7. The maximum absolute atomic E-state index is 11.2. The molecule has 2 nitrogen and oxygen atoms in total. The van der Waals surface area contributed by atoms with Crippen molar-refractivity contribution >= 4 is 11.8 Å². The molecule has 2 heterocycles. The van der Waals surface area contributed by atoms with Crippen LogP contribution in [0, 0.1) is 0 Å². The molecule has 0 spiro atoms. The monoisotopic (exact) mass is 326 g/mol. The van der Waals surface area contributed by atoms with E-state index in [2.05, 4.69) is 11.8 Å². The van der Waals surface area contributed by atoms with Crippen LogP contribution in [0.1, 0.15) is 37.7 Å². The topological polar surface area (TPSA) is 29.5 Å². The van der Waals surface area contributed by atoms with E-state index in [1.54, 1.807) is 0 Å². The molecule has 0 amide bonds. The summed E-state index contributed by atoms with van der Waals surface area (Å²) in [7, 11) is 0. The number of hydrogen-bond acceptors (Lipinski definition) is 3.